The van der Waals surface area contributed by atoms with E-state index in [9.17, 15) is 4.79 Å². The van der Waals surface area contributed by atoms with Crippen molar-refractivity contribution in [2.45, 2.75) is 18.6 Å². The highest BCUT2D eigenvalue weighted by Gasteiger charge is 2.31. The van der Waals surface area contributed by atoms with Crippen molar-refractivity contribution in [2.75, 3.05) is 13.7 Å². The molecule has 2 atom stereocenters. The van der Waals surface area contributed by atoms with Crippen LogP contribution in [0.25, 0.3) is 0 Å². The van der Waals surface area contributed by atoms with Gasteiger partial charge in [-0.15, -0.1) is 0 Å². The van der Waals surface area contributed by atoms with Gasteiger partial charge in [0.15, 0.2) is 0 Å². The molecule has 0 saturated heterocycles. The summed E-state index contributed by atoms with van der Waals surface area (Å²) in [5.41, 5.74) is 2.55. The topological polar surface area (TPSA) is 38.3 Å². The number of hydrogen-bond acceptors (Lipinski definition) is 3. The molecule has 1 N–H and O–H groups in total. The Bertz CT molecular complexity index is 395. The first-order valence-electron chi connectivity index (χ1n) is 5.27. The molecule has 2 unspecified atom stereocenters. The summed E-state index contributed by atoms with van der Waals surface area (Å²) < 4.78 is 6.60. The number of likely N-dealkylation sites (N-methyl/N-ethyl adjacent to an activating group) is 1. The number of aldehydes is 1. The summed E-state index contributed by atoms with van der Waals surface area (Å²) in [6, 6.07) is 6.43. The van der Waals surface area contributed by atoms with Crippen LogP contribution in [0.4, 0.5) is 0 Å². The van der Waals surface area contributed by atoms with Crippen LogP contribution in [-0.2, 0) is 16.0 Å². The predicted molar refractivity (Wildman–Crippen MR) is 65.5 cm³/mol. The van der Waals surface area contributed by atoms with Crippen LogP contribution in [0.3, 0.4) is 0 Å². The maximum atomic E-state index is 10.3. The molecule has 2 rings (SSSR count). The number of hydrogen-bond donors (Lipinski definition) is 1. The minimum atomic E-state index is 0.0551. The number of ether oxygens (including phenoxy) is 1. The monoisotopic (exact) mass is 283 g/mol. The fourth-order valence-electron chi connectivity index (χ4n) is 2.24. The molecule has 0 aliphatic heterocycles. The second-order valence-electron chi connectivity index (χ2n) is 3.85. The Morgan fingerprint density at radius 2 is 2.44 bits per heavy atom. The average molecular weight is 284 g/mol. The van der Waals surface area contributed by atoms with Gasteiger partial charge in [0.1, 0.15) is 12.9 Å². The molecule has 1 aliphatic rings. The molecule has 0 spiro atoms. The Kier molecular flexibility index (Phi) is 3.74. The third kappa shape index (κ3) is 2.19. The van der Waals surface area contributed by atoms with Gasteiger partial charge < -0.3 is 14.8 Å². The lowest BCUT2D eigenvalue weighted by molar-refractivity contribution is -0.114. The van der Waals surface area contributed by atoms with Crippen molar-refractivity contribution in [3.8, 4) is 0 Å². The van der Waals surface area contributed by atoms with Gasteiger partial charge in [0.2, 0.25) is 0 Å². The second-order valence-corrected chi connectivity index (χ2v) is 4.77. The largest absolute Gasteiger partial charge is 0.368 e. The lowest BCUT2D eigenvalue weighted by atomic mass is 10.1. The van der Waals surface area contributed by atoms with Crippen molar-refractivity contribution < 1.29 is 9.53 Å². The summed E-state index contributed by atoms with van der Waals surface area (Å²) in [6.07, 6.45) is 1.72. The minimum Gasteiger partial charge on any atom is -0.368 e. The number of nitrogens with one attached hydrogen (secondary N) is 1. The third-order valence-electron chi connectivity index (χ3n) is 2.93. The summed E-state index contributed by atoms with van der Waals surface area (Å²) >= 11 is 3.47. The van der Waals surface area contributed by atoms with Gasteiger partial charge in [-0.2, -0.15) is 0 Å². The van der Waals surface area contributed by atoms with Gasteiger partial charge in [0.25, 0.3) is 0 Å². The van der Waals surface area contributed by atoms with E-state index in [4.69, 9.17) is 4.74 Å². The van der Waals surface area contributed by atoms with E-state index in [1.807, 2.05) is 13.1 Å². The first kappa shape index (κ1) is 11.8. The van der Waals surface area contributed by atoms with Crippen molar-refractivity contribution in [3.63, 3.8) is 0 Å². The van der Waals surface area contributed by atoms with Gasteiger partial charge in [0.05, 0.1) is 12.1 Å². The highest BCUT2D eigenvalue weighted by atomic mass is 79.9. The number of halogens is 1. The zero-order valence-electron chi connectivity index (χ0n) is 9.07. The molecule has 4 heteroatoms. The molecule has 3 nitrogen and oxygen atoms in total. The molecule has 0 aromatic heterocycles. The Labute approximate surface area is 103 Å². The van der Waals surface area contributed by atoms with E-state index >= 15 is 0 Å². The number of benzene rings is 1. The Morgan fingerprint density at radius 1 is 1.62 bits per heavy atom. The second kappa shape index (κ2) is 5.08. The quantitative estimate of drug-likeness (QED) is 0.858. The van der Waals surface area contributed by atoms with Gasteiger partial charge in [-0.05, 0) is 30.3 Å². The molecule has 0 fully saturated rings. The number of fused-ring (bicyclic) bond motifs is 1. The fourth-order valence-corrected chi connectivity index (χ4v) is 2.61. The molecular formula is C12H14BrNO2. The van der Waals surface area contributed by atoms with Crippen molar-refractivity contribution in [3.05, 3.63) is 33.8 Å². The van der Waals surface area contributed by atoms with E-state index in [1.165, 1.54) is 11.1 Å². The average Bonchev–Trinajstić information content (AvgIpc) is 2.63. The molecule has 1 aromatic carbocycles. The Morgan fingerprint density at radius 3 is 3.12 bits per heavy atom. The maximum absolute atomic E-state index is 10.3. The molecule has 0 heterocycles. The van der Waals surface area contributed by atoms with Gasteiger partial charge in [0, 0.05) is 10.9 Å². The van der Waals surface area contributed by atoms with Crippen LogP contribution in [-0.4, -0.2) is 26.0 Å². The maximum Gasteiger partial charge on any atom is 0.145 e. The number of carbonyl (C=O) groups excluding carboxylic acids is 1. The van der Waals surface area contributed by atoms with Gasteiger partial charge in [-0.1, -0.05) is 22.0 Å². The standard InChI is InChI=1S/C12H14BrNO2/c1-14-12-10-7-9(13)3-2-8(10)6-11(12)16-5-4-15/h2-4,7,11-12,14H,5-6H2,1H3. The summed E-state index contributed by atoms with van der Waals surface area (Å²) in [7, 11) is 1.91. The third-order valence-corrected chi connectivity index (χ3v) is 3.42. The van der Waals surface area contributed by atoms with Gasteiger partial charge in [-0.25, -0.2) is 0 Å². The van der Waals surface area contributed by atoms with Crippen LogP contribution in [0.5, 0.6) is 0 Å². The van der Waals surface area contributed by atoms with Crippen LogP contribution in [0.15, 0.2) is 22.7 Å². The Balaban J connectivity index is 2.22. The van der Waals surface area contributed by atoms with E-state index in [1.54, 1.807) is 0 Å². The molecule has 0 amide bonds. The molecule has 16 heavy (non-hydrogen) atoms. The van der Waals surface area contributed by atoms with Crippen LogP contribution >= 0.6 is 15.9 Å². The van der Waals surface area contributed by atoms with Crippen molar-refractivity contribution >= 4 is 22.2 Å². The minimum absolute atomic E-state index is 0.0551. The number of carbonyl (C=O) groups is 1. The summed E-state index contributed by atoms with van der Waals surface area (Å²) in [5.74, 6) is 0. The van der Waals surface area contributed by atoms with E-state index in [-0.39, 0.29) is 18.8 Å². The van der Waals surface area contributed by atoms with Gasteiger partial charge >= 0.3 is 0 Å². The summed E-state index contributed by atoms with van der Waals surface area (Å²) in [5, 5.41) is 3.24. The zero-order chi connectivity index (χ0) is 11.5. The highest BCUT2D eigenvalue weighted by molar-refractivity contribution is 9.10. The SMILES string of the molecule is CNC1c2cc(Br)ccc2CC1OCC=O. The predicted octanol–water partition coefficient (Wildman–Crippen LogP) is 1.85. The van der Waals surface area contributed by atoms with E-state index in [2.05, 4.69) is 33.4 Å². The molecule has 86 valence electrons. The Hall–Kier alpha value is -0.710. The van der Waals surface area contributed by atoms with E-state index in [0.29, 0.717) is 0 Å². The molecule has 1 aliphatic carbocycles. The molecule has 1 aromatic rings. The fraction of sp³-hybridized carbons (Fsp3) is 0.417. The molecule has 0 saturated carbocycles. The molecule has 0 radical (unpaired) electrons. The molecule has 0 bridgehead atoms. The lowest BCUT2D eigenvalue weighted by Crippen LogP contribution is -2.28. The first-order chi connectivity index (χ1) is 7.76. The smallest absolute Gasteiger partial charge is 0.145 e. The van der Waals surface area contributed by atoms with E-state index < -0.39 is 0 Å². The van der Waals surface area contributed by atoms with E-state index in [0.717, 1.165) is 17.2 Å². The summed E-state index contributed by atoms with van der Waals surface area (Å²) in [6.45, 7) is 0.165. The van der Waals surface area contributed by atoms with Gasteiger partial charge in [-0.3, -0.25) is 0 Å². The zero-order valence-corrected chi connectivity index (χ0v) is 10.7. The highest BCUT2D eigenvalue weighted by Crippen LogP contribution is 2.34. The van der Waals surface area contributed by atoms with Crippen LogP contribution in [0.1, 0.15) is 17.2 Å². The van der Waals surface area contributed by atoms with Crippen LogP contribution in [0.2, 0.25) is 0 Å². The normalized spacial score (nSPS) is 23.1. The van der Waals surface area contributed by atoms with Crippen molar-refractivity contribution in [2.24, 2.45) is 0 Å². The van der Waals surface area contributed by atoms with Crippen LogP contribution in [0, 0.1) is 0 Å². The molecular weight excluding hydrogens is 270 g/mol. The van der Waals surface area contributed by atoms with Crippen molar-refractivity contribution in [1.82, 2.24) is 5.32 Å². The first-order valence-corrected chi connectivity index (χ1v) is 6.06. The van der Waals surface area contributed by atoms with Crippen LogP contribution < -0.4 is 5.32 Å². The number of rotatable bonds is 4. The van der Waals surface area contributed by atoms with Crippen molar-refractivity contribution in [1.29, 1.82) is 0 Å². The lowest BCUT2D eigenvalue weighted by Gasteiger charge is -2.19. The summed E-state index contributed by atoms with van der Waals surface area (Å²) in [4.78, 5) is 10.3.